The Labute approximate surface area is 131 Å². The monoisotopic (exact) mass is 305 g/mol. The predicted molar refractivity (Wildman–Crippen MR) is 81.4 cm³/mol. The Kier molecular flexibility index (Phi) is 5.43. The van der Waals surface area contributed by atoms with Gasteiger partial charge in [0, 0.05) is 19.7 Å². The normalized spacial score (nSPS) is 25.1. The quantitative estimate of drug-likeness (QED) is 0.829. The molecule has 0 saturated carbocycles. The van der Waals surface area contributed by atoms with Gasteiger partial charge in [-0.2, -0.15) is 0 Å². The summed E-state index contributed by atoms with van der Waals surface area (Å²) in [5, 5.41) is 0. The van der Waals surface area contributed by atoms with E-state index in [1.54, 1.807) is 0 Å². The maximum Gasteiger partial charge on any atom is 0.254 e. The van der Waals surface area contributed by atoms with Crippen molar-refractivity contribution in [1.29, 1.82) is 0 Å². The molecule has 2 aliphatic rings. The van der Waals surface area contributed by atoms with Crippen LogP contribution >= 0.6 is 0 Å². The Hall–Kier alpha value is -1.43. The number of ether oxygens (including phenoxy) is 3. The molecule has 5 heteroatoms. The summed E-state index contributed by atoms with van der Waals surface area (Å²) in [5.41, 5.74) is 1.12. The number of carbonyl (C=O) groups is 1. The molecule has 0 aliphatic carbocycles. The lowest BCUT2D eigenvalue weighted by atomic mass is 10.1. The fourth-order valence-electron chi connectivity index (χ4n) is 2.90. The highest BCUT2D eigenvalue weighted by molar-refractivity contribution is 5.81. The highest BCUT2D eigenvalue weighted by Crippen LogP contribution is 2.17. The summed E-state index contributed by atoms with van der Waals surface area (Å²) in [5.74, 6) is -0.000877. The van der Waals surface area contributed by atoms with Crippen LogP contribution < -0.4 is 0 Å². The minimum absolute atomic E-state index is 0.000877. The SMILES string of the molecule is O=C([C@H]1COCCO1)N(Cc1ccccc1)C[C@H]1CCCO1. The maximum absolute atomic E-state index is 12.8. The van der Waals surface area contributed by atoms with Gasteiger partial charge >= 0.3 is 0 Å². The molecule has 0 spiro atoms. The smallest absolute Gasteiger partial charge is 0.254 e. The Morgan fingerprint density at radius 1 is 1.14 bits per heavy atom. The van der Waals surface area contributed by atoms with Gasteiger partial charge in [-0.25, -0.2) is 0 Å². The van der Waals surface area contributed by atoms with Crippen LogP contribution in [0.2, 0.25) is 0 Å². The lowest BCUT2D eigenvalue weighted by Crippen LogP contribution is -2.47. The molecule has 2 atom stereocenters. The van der Waals surface area contributed by atoms with Gasteiger partial charge in [0.1, 0.15) is 0 Å². The molecule has 0 aromatic heterocycles. The van der Waals surface area contributed by atoms with E-state index in [1.165, 1.54) is 0 Å². The van der Waals surface area contributed by atoms with Crippen LogP contribution in [0.4, 0.5) is 0 Å². The van der Waals surface area contributed by atoms with E-state index < -0.39 is 6.10 Å². The first kappa shape index (κ1) is 15.5. The first-order valence-electron chi connectivity index (χ1n) is 7.96. The third kappa shape index (κ3) is 4.06. The minimum Gasteiger partial charge on any atom is -0.376 e. The third-order valence-electron chi connectivity index (χ3n) is 4.07. The zero-order valence-corrected chi connectivity index (χ0v) is 12.8. The second-order valence-electron chi connectivity index (χ2n) is 5.77. The van der Waals surface area contributed by atoms with Crippen molar-refractivity contribution in [2.45, 2.75) is 31.6 Å². The summed E-state index contributed by atoms with van der Waals surface area (Å²) in [4.78, 5) is 14.6. The van der Waals surface area contributed by atoms with E-state index in [-0.39, 0.29) is 12.0 Å². The Bertz CT molecular complexity index is 467. The van der Waals surface area contributed by atoms with E-state index in [9.17, 15) is 4.79 Å². The molecule has 120 valence electrons. The summed E-state index contributed by atoms with van der Waals surface area (Å²) < 4.78 is 16.6. The zero-order valence-electron chi connectivity index (χ0n) is 12.8. The predicted octanol–water partition coefficient (Wildman–Crippen LogP) is 1.61. The van der Waals surface area contributed by atoms with Crippen LogP contribution in [0.1, 0.15) is 18.4 Å². The van der Waals surface area contributed by atoms with E-state index in [4.69, 9.17) is 14.2 Å². The molecule has 22 heavy (non-hydrogen) atoms. The molecule has 2 saturated heterocycles. The number of benzene rings is 1. The molecule has 3 rings (SSSR count). The fraction of sp³-hybridized carbons (Fsp3) is 0.588. The van der Waals surface area contributed by atoms with Crippen molar-refractivity contribution in [3.05, 3.63) is 35.9 Å². The van der Waals surface area contributed by atoms with Crippen molar-refractivity contribution in [3.8, 4) is 0 Å². The Morgan fingerprint density at radius 3 is 2.68 bits per heavy atom. The number of amides is 1. The van der Waals surface area contributed by atoms with Gasteiger partial charge in [0.2, 0.25) is 0 Å². The van der Waals surface area contributed by atoms with Crippen LogP contribution in [0, 0.1) is 0 Å². The van der Waals surface area contributed by atoms with Crippen molar-refractivity contribution >= 4 is 5.91 Å². The van der Waals surface area contributed by atoms with Crippen LogP contribution in [0.5, 0.6) is 0 Å². The molecule has 0 radical (unpaired) electrons. The molecule has 0 bridgehead atoms. The van der Waals surface area contributed by atoms with Gasteiger partial charge in [-0.3, -0.25) is 4.79 Å². The van der Waals surface area contributed by atoms with E-state index in [1.807, 2.05) is 35.2 Å². The number of rotatable bonds is 5. The first-order chi connectivity index (χ1) is 10.8. The maximum atomic E-state index is 12.8. The molecule has 2 heterocycles. The molecule has 1 aromatic carbocycles. The molecule has 0 N–H and O–H groups in total. The van der Waals surface area contributed by atoms with Crippen LogP contribution in [0.25, 0.3) is 0 Å². The molecule has 2 aliphatic heterocycles. The summed E-state index contributed by atoms with van der Waals surface area (Å²) in [6.07, 6.45) is 1.73. The number of hydrogen-bond donors (Lipinski definition) is 0. The first-order valence-corrected chi connectivity index (χ1v) is 7.96. The second kappa shape index (κ2) is 7.72. The van der Waals surface area contributed by atoms with E-state index in [2.05, 4.69) is 0 Å². The van der Waals surface area contributed by atoms with E-state index in [0.717, 1.165) is 25.0 Å². The number of nitrogens with zero attached hydrogens (tertiary/aromatic N) is 1. The van der Waals surface area contributed by atoms with Crippen LogP contribution in [0.3, 0.4) is 0 Å². The van der Waals surface area contributed by atoms with Crippen molar-refractivity contribution < 1.29 is 19.0 Å². The third-order valence-corrected chi connectivity index (χ3v) is 4.07. The zero-order chi connectivity index (χ0) is 15.2. The molecule has 0 unspecified atom stereocenters. The van der Waals surface area contributed by atoms with E-state index >= 15 is 0 Å². The van der Waals surface area contributed by atoms with Crippen LogP contribution in [0.15, 0.2) is 30.3 Å². The second-order valence-corrected chi connectivity index (χ2v) is 5.77. The summed E-state index contributed by atoms with van der Waals surface area (Å²) >= 11 is 0. The van der Waals surface area contributed by atoms with Crippen LogP contribution in [-0.4, -0.2) is 56.0 Å². The largest absolute Gasteiger partial charge is 0.376 e. The number of carbonyl (C=O) groups excluding carboxylic acids is 1. The average Bonchev–Trinajstić information content (AvgIpc) is 3.08. The van der Waals surface area contributed by atoms with Gasteiger partial charge in [0.25, 0.3) is 5.91 Å². The van der Waals surface area contributed by atoms with Crippen molar-refractivity contribution in [1.82, 2.24) is 4.90 Å². The van der Waals surface area contributed by atoms with Crippen molar-refractivity contribution in [2.75, 3.05) is 33.0 Å². The fourth-order valence-corrected chi connectivity index (χ4v) is 2.90. The summed E-state index contributed by atoms with van der Waals surface area (Å²) in [6.45, 7) is 3.38. The number of hydrogen-bond acceptors (Lipinski definition) is 4. The van der Waals surface area contributed by atoms with E-state index in [0.29, 0.717) is 32.9 Å². The topological polar surface area (TPSA) is 48.0 Å². The molecular weight excluding hydrogens is 282 g/mol. The molecule has 2 fully saturated rings. The molecule has 5 nitrogen and oxygen atoms in total. The Balaban J connectivity index is 1.67. The lowest BCUT2D eigenvalue weighted by molar-refractivity contribution is -0.160. The highest BCUT2D eigenvalue weighted by Gasteiger charge is 2.30. The summed E-state index contributed by atoms with van der Waals surface area (Å²) in [6, 6.07) is 10.0. The van der Waals surface area contributed by atoms with Gasteiger partial charge in [0.15, 0.2) is 6.10 Å². The minimum atomic E-state index is -0.487. The molecule has 1 amide bonds. The standard InChI is InChI=1S/C17H23NO4/c19-17(16-13-20-9-10-22-16)18(12-15-7-4-8-21-15)11-14-5-2-1-3-6-14/h1-3,5-6,15-16H,4,7-13H2/t15-,16-/m1/s1. The molecule has 1 aromatic rings. The van der Waals surface area contributed by atoms with Crippen molar-refractivity contribution in [3.63, 3.8) is 0 Å². The highest BCUT2D eigenvalue weighted by atomic mass is 16.6. The van der Waals surface area contributed by atoms with Crippen molar-refractivity contribution in [2.24, 2.45) is 0 Å². The van der Waals surface area contributed by atoms with Gasteiger partial charge in [0.05, 0.1) is 25.9 Å². The average molecular weight is 305 g/mol. The van der Waals surface area contributed by atoms with Gasteiger partial charge in [-0.15, -0.1) is 0 Å². The van der Waals surface area contributed by atoms with Crippen LogP contribution in [-0.2, 0) is 25.5 Å². The van der Waals surface area contributed by atoms with Gasteiger partial charge in [-0.1, -0.05) is 30.3 Å². The summed E-state index contributed by atoms with van der Waals surface area (Å²) in [7, 11) is 0. The lowest BCUT2D eigenvalue weighted by Gasteiger charge is -2.31. The van der Waals surface area contributed by atoms with Gasteiger partial charge < -0.3 is 19.1 Å². The Morgan fingerprint density at radius 2 is 2.00 bits per heavy atom. The molecular formula is C17H23NO4. The van der Waals surface area contributed by atoms with Gasteiger partial charge in [-0.05, 0) is 18.4 Å².